The molecule has 0 aromatic heterocycles. The zero-order valence-electron chi connectivity index (χ0n) is 13.1. The second-order valence-electron chi connectivity index (χ2n) is 5.16. The van der Waals surface area contributed by atoms with Crippen molar-refractivity contribution < 1.29 is 9.18 Å². The van der Waals surface area contributed by atoms with Gasteiger partial charge in [-0.3, -0.25) is 4.79 Å². The first-order chi connectivity index (χ1) is 9.60. The number of nitrogens with one attached hydrogen (secondary N) is 1. The Morgan fingerprint density at radius 3 is 2.62 bits per heavy atom. The van der Waals surface area contributed by atoms with Gasteiger partial charge in [-0.15, -0.1) is 12.4 Å². The lowest BCUT2D eigenvalue weighted by molar-refractivity contribution is -0.135. The summed E-state index contributed by atoms with van der Waals surface area (Å²) in [6, 6.07) is 6.65. The Hall–Kier alpha value is -1.13. The predicted molar refractivity (Wildman–Crippen MR) is 87.1 cm³/mol. The van der Waals surface area contributed by atoms with Crippen molar-refractivity contribution in [2.75, 3.05) is 20.1 Å². The molecule has 0 fully saturated rings. The number of amides is 1. The quantitative estimate of drug-likeness (QED) is 0.798. The van der Waals surface area contributed by atoms with E-state index in [0.29, 0.717) is 25.2 Å². The van der Waals surface area contributed by atoms with E-state index in [9.17, 15) is 9.18 Å². The fourth-order valence-electron chi connectivity index (χ4n) is 2.15. The molecule has 1 N–H and O–H groups in total. The smallest absolute Gasteiger partial charge is 0.226 e. The third-order valence-corrected chi connectivity index (χ3v) is 3.34. The van der Waals surface area contributed by atoms with Crippen LogP contribution in [0.2, 0.25) is 0 Å². The van der Waals surface area contributed by atoms with Crippen LogP contribution in [-0.2, 0) is 11.3 Å². The Morgan fingerprint density at radius 1 is 1.38 bits per heavy atom. The fourth-order valence-corrected chi connectivity index (χ4v) is 2.15. The second kappa shape index (κ2) is 10.6. The molecule has 1 atom stereocenters. The van der Waals surface area contributed by atoms with Crippen LogP contribution >= 0.6 is 12.4 Å². The van der Waals surface area contributed by atoms with Crippen LogP contribution in [-0.4, -0.2) is 30.9 Å². The molecule has 5 heteroatoms. The number of halogens is 2. The van der Waals surface area contributed by atoms with E-state index in [1.165, 1.54) is 6.07 Å². The number of hydrogen-bond donors (Lipinski definition) is 1. The van der Waals surface area contributed by atoms with Gasteiger partial charge in [-0.05, 0) is 19.5 Å². The van der Waals surface area contributed by atoms with Gasteiger partial charge < -0.3 is 10.2 Å². The molecule has 0 spiro atoms. The Morgan fingerprint density at radius 2 is 2.05 bits per heavy atom. The number of benzene rings is 1. The lowest BCUT2D eigenvalue weighted by atomic mass is 10.1. The molecular weight excluding hydrogens is 291 g/mol. The lowest BCUT2D eigenvalue weighted by Gasteiger charge is -2.26. The molecule has 0 bridgehead atoms. The van der Waals surface area contributed by atoms with E-state index in [1.807, 2.05) is 14.0 Å². The standard InChI is InChI=1S/C16H25FN2O.ClH/c1-4-5-10-19(16(20)13(2)11-18-3)12-14-8-6-7-9-15(14)17;/h6-9,13,18H,4-5,10-12H2,1-3H3;1H. The minimum Gasteiger partial charge on any atom is -0.338 e. The summed E-state index contributed by atoms with van der Waals surface area (Å²) in [5, 5.41) is 3.01. The fraction of sp³-hybridized carbons (Fsp3) is 0.562. The van der Waals surface area contributed by atoms with Crippen LogP contribution in [0.25, 0.3) is 0 Å². The molecule has 0 aliphatic rings. The Labute approximate surface area is 133 Å². The van der Waals surface area contributed by atoms with Crippen LogP contribution in [0.5, 0.6) is 0 Å². The van der Waals surface area contributed by atoms with Crippen LogP contribution in [0.15, 0.2) is 24.3 Å². The highest BCUT2D eigenvalue weighted by molar-refractivity contribution is 5.85. The molecule has 0 aliphatic carbocycles. The highest BCUT2D eigenvalue weighted by Gasteiger charge is 2.20. The van der Waals surface area contributed by atoms with Crippen LogP contribution < -0.4 is 5.32 Å². The molecule has 3 nitrogen and oxygen atoms in total. The molecule has 1 amide bonds. The summed E-state index contributed by atoms with van der Waals surface area (Å²) in [4.78, 5) is 14.2. The minimum atomic E-state index is -0.247. The first-order valence-corrected chi connectivity index (χ1v) is 7.27. The number of rotatable bonds is 8. The lowest BCUT2D eigenvalue weighted by Crippen LogP contribution is -2.38. The van der Waals surface area contributed by atoms with Gasteiger partial charge in [0.15, 0.2) is 0 Å². The Kier molecular flexibility index (Phi) is 10.0. The van der Waals surface area contributed by atoms with Gasteiger partial charge in [-0.1, -0.05) is 38.5 Å². The summed E-state index contributed by atoms with van der Waals surface area (Å²) in [5.74, 6) is -0.261. The molecule has 0 saturated carbocycles. The van der Waals surface area contributed by atoms with Gasteiger partial charge in [0.2, 0.25) is 5.91 Å². The Balaban J connectivity index is 0.00000400. The summed E-state index contributed by atoms with van der Waals surface area (Å²) in [6.07, 6.45) is 1.95. The van der Waals surface area contributed by atoms with Crippen molar-refractivity contribution in [3.8, 4) is 0 Å². The van der Waals surface area contributed by atoms with Crippen molar-refractivity contribution in [2.45, 2.75) is 33.2 Å². The van der Waals surface area contributed by atoms with Crippen molar-refractivity contribution in [1.82, 2.24) is 10.2 Å². The summed E-state index contributed by atoms with van der Waals surface area (Å²) in [7, 11) is 1.83. The SMILES string of the molecule is CCCCN(Cc1ccccc1F)C(=O)C(C)CNC.Cl. The molecule has 120 valence electrons. The maximum atomic E-state index is 13.7. The van der Waals surface area contributed by atoms with Gasteiger partial charge in [0.1, 0.15) is 5.82 Å². The van der Waals surface area contributed by atoms with Crippen LogP contribution in [0.1, 0.15) is 32.3 Å². The van der Waals surface area contributed by atoms with Crippen LogP contribution in [0, 0.1) is 11.7 Å². The third-order valence-electron chi connectivity index (χ3n) is 3.34. The zero-order valence-corrected chi connectivity index (χ0v) is 13.9. The van der Waals surface area contributed by atoms with Gasteiger partial charge in [-0.2, -0.15) is 0 Å². The Bertz CT molecular complexity index is 428. The van der Waals surface area contributed by atoms with Gasteiger partial charge in [0, 0.05) is 31.1 Å². The average Bonchev–Trinajstić information content (AvgIpc) is 2.45. The predicted octanol–water partition coefficient (Wildman–Crippen LogP) is 3.23. The van der Waals surface area contributed by atoms with Crippen molar-refractivity contribution in [2.24, 2.45) is 5.92 Å². The minimum absolute atomic E-state index is 0. The molecule has 1 aromatic carbocycles. The van der Waals surface area contributed by atoms with Gasteiger partial charge >= 0.3 is 0 Å². The maximum Gasteiger partial charge on any atom is 0.226 e. The number of hydrogen-bond acceptors (Lipinski definition) is 2. The van der Waals surface area contributed by atoms with Crippen molar-refractivity contribution in [3.63, 3.8) is 0 Å². The highest BCUT2D eigenvalue weighted by atomic mass is 35.5. The number of unbranched alkanes of at least 4 members (excludes halogenated alkanes) is 1. The number of carbonyl (C=O) groups excluding carboxylic acids is 1. The molecular formula is C16H26ClFN2O. The van der Waals surface area contributed by atoms with Gasteiger partial charge in [0.05, 0.1) is 0 Å². The normalized spacial score (nSPS) is 11.6. The first-order valence-electron chi connectivity index (χ1n) is 7.27. The van der Waals surface area contributed by atoms with E-state index in [2.05, 4.69) is 12.2 Å². The largest absolute Gasteiger partial charge is 0.338 e. The average molecular weight is 317 g/mol. The zero-order chi connectivity index (χ0) is 15.0. The monoisotopic (exact) mass is 316 g/mol. The highest BCUT2D eigenvalue weighted by Crippen LogP contribution is 2.13. The molecule has 0 aliphatic heterocycles. The molecule has 0 radical (unpaired) electrons. The summed E-state index contributed by atoms with van der Waals surface area (Å²) >= 11 is 0. The number of nitrogens with zero attached hydrogens (tertiary/aromatic N) is 1. The van der Waals surface area contributed by atoms with E-state index >= 15 is 0 Å². The van der Waals surface area contributed by atoms with Crippen molar-refractivity contribution in [3.05, 3.63) is 35.6 Å². The molecule has 0 saturated heterocycles. The summed E-state index contributed by atoms with van der Waals surface area (Å²) < 4.78 is 13.7. The van der Waals surface area contributed by atoms with E-state index in [4.69, 9.17) is 0 Å². The molecule has 0 heterocycles. The van der Waals surface area contributed by atoms with Crippen LogP contribution in [0.3, 0.4) is 0 Å². The molecule has 21 heavy (non-hydrogen) atoms. The van der Waals surface area contributed by atoms with E-state index in [-0.39, 0.29) is 30.0 Å². The maximum absolute atomic E-state index is 13.7. The molecule has 1 rings (SSSR count). The molecule has 1 unspecified atom stereocenters. The van der Waals surface area contributed by atoms with E-state index in [0.717, 1.165) is 12.8 Å². The number of carbonyl (C=O) groups is 1. The van der Waals surface area contributed by atoms with E-state index < -0.39 is 0 Å². The topological polar surface area (TPSA) is 32.3 Å². The first kappa shape index (κ1) is 19.9. The third kappa shape index (κ3) is 6.44. The summed E-state index contributed by atoms with van der Waals surface area (Å²) in [5.41, 5.74) is 0.577. The van der Waals surface area contributed by atoms with Crippen molar-refractivity contribution >= 4 is 18.3 Å². The summed E-state index contributed by atoms with van der Waals surface area (Å²) in [6.45, 7) is 5.65. The van der Waals surface area contributed by atoms with Crippen molar-refractivity contribution in [1.29, 1.82) is 0 Å². The van der Waals surface area contributed by atoms with Gasteiger partial charge in [0.25, 0.3) is 0 Å². The second-order valence-corrected chi connectivity index (χ2v) is 5.16. The molecule has 1 aromatic rings. The van der Waals surface area contributed by atoms with Crippen LogP contribution in [0.4, 0.5) is 4.39 Å². The van der Waals surface area contributed by atoms with E-state index in [1.54, 1.807) is 23.1 Å². The van der Waals surface area contributed by atoms with Gasteiger partial charge in [-0.25, -0.2) is 4.39 Å².